The van der Waals surface area contributed by atoms with E-state index in [-0.39, 0.29) is 5.60 Å². The molecule has 2 heteroatoms. The fourth-order valence-corrected chi connectivity index (χ4v) is 4.02. The smallest absolute Gasteiger partial charge is 0.0657 e. The number of nitrogens with two attached hydrogens (primary N) is 1. The van der Waals surface area contributed by atoms with Gasteiger partial charge in [0.25, 0.3) is 0 Å². The van der Waals surface area contributed by atoms with E-state index < -0.39 is 0 Å². The van der Waals surface area contributed by atoms with Gasteiger partial charge < -0.3 is 10.8 Å². The number of hydrogen-bond acceptors (Lipinski definition) is 2. The Morgan fingerprint density at radius 1 is 1.08 bits per heavy atom. The first-order chi connectivity index (χ1) is 5.66. The highest BCUT2D eigenvalue weighted by molar-refractivity contribution is 5.06. The van der Waals surface area contributed by atoms with Gasteiger partial charge >= 0.3 is 0 Å². The third-order valence-electron chi connectivity index (χ3n) is 4.31. The Morgan fingerprint density at radius 2 is 1.67 bits per heavy atom. The van der Waals surface area contributed by atoms with Crippen molar-refractivity contribution < 1.29 is 5.11 Å². The first kappa shape index (κ1) is 7.34. The minimum absolute atomic E-state index is 0.299. The Morgan fingerprint density at radius 3 is 2.17 bits per heavy atom. The first-order valence-corrected chi connectivity index (χ1v) is 5.14. The number of aliphatic hydroxyl groups is 1. The van der Waals surface area contributed by atoms with E-state index in [4.69, 9.17) is 5.73 Å². The maximum atomic E-state index is 10.2. The maximum Gasteiger partial charge on any atom is 0.0657 e. The molecule has 0 heterocycles. The van der Waals surface area contributed by atoms with Gasteiger partial charge in [0.05, 0.1) is 5.60 Å². The Balaban J connectivity index is 1.95. The highest BCUT2D eigenvalue weighted by Crippen LogP contribution is 2.54. The van der Waals surface area contributed by atoms with Crippen LogP contribution in [-0.4, -0.2) is 16.7 Å². The standard InChI is InChI=1S/C10H17NO/c11-9-7-1-6-2-8(9)5-10(12,3-6)4-7/h6-9,12H,1-5,11H2/t6?,7-,8?,9-,10-/m0/s1. The van der Waals surface area contributed by atoms with Gasteiger partial charge in [-0.05, 0) is 49.9 Å². The molecule has 0 aliphatic heterocycles. The van der Waals surface area contributed by atoms with Gasteiger partial charge in [-0.15, -0.1) is 0 Å². The largest absolute Gasteiger partial charge is 0.390 e. The SMILES string of the molecule is N[C@@H]1C2CC3C[C@H]1C[C@@](O)(C3)C2. The van der Waals surface area contributed by atoms with Crippen LogP contribution in [0.2, 0.25) is 0 Å². The summed E-state index contributed by atoms with van der Waals surface area (Å²) in [7, 11) is 0. The second kappa shape index (κ2) is 2.05. The minimum Gasteiger partial charge on any atom is -0.390 e. The molecule has 3 N–H and O–H groups in total. The summed E-state index contributed by atoms with van der Waals surface area (Å²) in [6.45, 7) is 0. The summed E-state index contributed by atoms with van der Waals surface area (Å²) in [4.78, 5) is 0. The van der Waals surface area contributed by atoms with Crippen LogP contribution in [-0.2, 0) is 0 Å². The lowest BCUT2D eigenvalue weighted by Gasteiger charge is -2.57. The van der Waals surface area contributed by atoms with Crippen molar-refractivity contribution in [3.05, 3.63) is 0 Å². The van der Waals surface area contributed by atoms with Crippen LogP contribution >= 0.6 is 0 Å². The molecule has 4 rings (SSSR count). The lowest BCUT2D eigenvalue weighted by Crippen LogP contribution is -2.59. The summed E-state index contributed by atoms with van der Waals surface area (Å²) in [5, 5.41) is 10.2. The fourth-order valence-electron chi connectivity index (χ4n) is 4.02. The van der Waals surface area contributed by atoms with Gasteiger partial charge in [0.15, 0.2) is 0 Å². The zero-order valence-electron chi connectivity index (χ0n) is 7.37. The maximum absolute atomic E-state index is 10.2. The molecule has 0 aromatic heterocycles. The average Bonchev–Trinajstić information content (AvgIpc) is 1.96. The predicted molar refractivity (Wildman–Crippen MR) is 46.5 cm³/mol. The van der Waals surface area contributed by atoms with Crippen molar-refractivity contribution in [3.63, 3.8) is 0 Å². The summed E-state index contributed by atoms with van der Waals surface area (Å²) < 4.78 is 0. The highest BCUT2D eigenvalue weighted by Gasteiger charge is 2.53. The van der Waals surface area contributed by atoms with E-state index in [0.29, 0.717) is 17.9 Å². The molecule has 68 valence electrons. The van der Waals surface area contributed by atoms with Crippen molar-refractivity contribution in [2.24, 2.45) is 23.5 Å². The second-order valence-corrected chi connectivity index (χ2v) is 5.27. The molecule has 0 radical (unpaired) electrons. The van der Waals surface area contributed by atoms with Crippen LogP contribution in [0.4, 0.5) is 0 Å². The van der Waals surface area contributed by atoms with Crippen molar-refractivity contribution in [1.29, 1.82) is 0 Å². The van der Waals surface area contributed by atoms with Crippen LogP contribution in [0.3, 0.4) is 0 Å². The van der Waals surface area contributed by atoms with Gasteiger partial charge in [-0.3, -0.25) is 0 Å². The topological polar surface area (TPSA) is 46.2 Å². The Kier molecular flexibility index (Phi) is 1.25. The van der Waals surface area contributed by atoms with E-state index in [2.05, 4.69) is 0 Å². The second-order valence-electron chi connectivity index (χ2n) is 5.27. The molecule has 12 heavy (non-hydrogen) atoms. The normalized spacial score (nSPS) is 62.5. The molecule has 4 bridgehead atoms. The lowest BCUT2D eigenvalue weighted by molar-refractivity contribution is -0.132. The van der Waals surface area contributed by atoms with Crippen molar-refractivity contribution in [2.75, 3.05) is 0 Å². The predicted octanol–water partition coefficient (Wildman–Crippen LogP) is 0.885. The van der Waals surface area contributed by atoms with Gasteiger partial charge in [-0.1, -0.05) is 0 Å². The van der Waals surface area contributed by atoms with E-state index in [9.17, 15) is 5.11 Å². The minimum atomic E-state index is -0.299. The molecule has 4 aliphatic carbocycles. The van der Waals surface area contributed by atoms with E-state index in [1.807, 2.05) is 0 Å². The van der Waals surface area contributed by atoms with Gasteiger partial charge in [-0.2, -0.15) is 0 Å². The van der Waals surface area contributed by atoms with E-state index in [1.54, 1.807) is 0 Å². The molecular formula is C10H17NO. The summed E-state index contributed by atoms with van der Waals surface area (Å²) in [6.07, 6.45) is 5.62. The van der Waals surface area contributed by atoms with Gasteiger partial charge in [-0.25, -0.2) is 0 Å². The number of rotatable bonds is 0. The zero-order valence-corrected chi connectivity index (χ0v) is 7.37. The molecule has 0 aromatic rings. The fraction of sp³-hybridized carbons (Fsp3) is 1.00. The van der Waals surface area contributed by atoms with Crippen LogP contribution in [0.1, 0.15) is 32.1 Å². The van der Waals surface area contributed by atoms with Crippen LogP contribution in [0, 0.1) is 17.8 Å². The van der Waals surface area contributed by atoms with Crippen molar-refractivity contribution in [2.45, 2.75) is 43.7 Å². The van der Waals surface area contributed by atoms with Crippen LogP contribution in [0.5, 0.6) is 0 Å². The molecule has 4 fully saturated rings. The monoisotopic (exact) mass is 167 g/mol. The third kappa shape index (κ3) is 0.826. The molecule has 0 aromatic carbocycles. The summed E-state index contributed by atoms with van der Waals surface area (Å²) in [5.74, 6) is 2.08. The Hall–Kier alpha value is -0.0800. The highest BCUT2D eigenvalue weighted by atomic mass is 16.3. The molecule has 4 saturated carbocycles. The molecule has 2 nitrogen and oxygen atoms in total. The quantitative estimate of drug-likeness (QED) is 0.562. The van der Waals surface area contributed by atoms with E-state index in [1.165, 1.54) is 12.8 Å². The first-order valence-electron chi connectivity index (χ1n) is 5.14. The number of hydrogen-bond donors (Lipinski definition) is 2. The summed E-state index contributed by atoms with van der Waals surface area (Å²) >= 11 is 0. The molecule has 0 spiro atoms. The lowest BCUT2D eigenvalue weighted by atomic mass is 9.52. The summed E-state index contributed by atoms with van der Waals surface area (Å²) in [6, 6.07) is 0.404. The van der Waals surface area contributed by atoms with Crippen molar-refractivity contribution in [3.8, 4) is 0 Å². The van der Waals surface area contributed by atoms with Gasteiger partial charge in [0.1, 0.15) is 0 Å². The molecule has 4 aliphatic rings. The average molecular weight is 167 g/mol. The Bertz CT molecular complexity index is 200. The van der Waals surface area contributed by atoms with E-state index >= 15 is 0 Å². The van der Waals surface area contributed by atoms with Gasteiger partial charge in [0, 0.05) is 6.04 Å². The third-order valence-corrected chi connectivity index (χ3v) is 4.31. The Labute approximate surface area is 73.1 Å². The van der Waals surface area contributed by atoms with Crippen LogP contribution in [0.25, 0.3) is 0 Å². The molecular weight excluding hydrogens is 150 g/mol. The van der Waals surface area contributed by atoms with Gasteiger partial charge in [0.2, 0.25) is 0 Å². The molecule has 2 unspecified atom stereocenters. The molecule has 5 atom stereocenters. The molecule has 0 amide bonds. The van der Waals surface area contributed by atoms with Crippen molar-refractivity contribution in [1.82, 2.24) is 0 Å². The van der Waals surface area contributed by atoms with E-state index in [0.717, 1.165) is 25.2 Å². The summed E-state index contributed by atoms with van der Waals surface area (Å²) in [5.41, 5.74) is 5.82. The van der Waals surface area contributed by atoms with Crippen LogP contribution < -0.4 is 5.73 Å². The van der Waals surface area contributed by atoms with Crippen molar-refractivity contribution >= 4 is 0 Å². The molecule has 0 saturated heterocycles. The zero-order chi connectivity index (χ0) is 8.34. The van der Waals surface area contributed by atoms with Crippen LogP contribution in [0.15, 0.2) is 0 Å².